The highest BCUT2D eigenvalue weighted by Crippen LogP contribution is 2.28. The van der Waals surface area contributed by atoms with Gasteiger partial charge in [-0.2, -0.15) is 5.10 Å². The van der Waals surface area contributed by atoms with Gasteiger partial charge < -0.3 is 4.74 Å². The number of ether oxygens (including phenoxy) is 1. The van der Waals surface area contributed by atoms with E-state index in [9.17, 15) is 0 Å². The molecule has 7 heteroatoms. The SMILES string of the molecule is COc1ccccc1N=c1scc(-c2cccs2)n1N=Cc1cccs1. The second-order valence-corrected chi connectivity index (χ2v) is 8.00. The molecule has 0 fully saturated rings. The molecule has 130 valence electrons. The predicted molar refractivity (Wildman–Crippen MR) is 111 cm³/mol. The Bertz CT molecular complexity index is 1070. The zero-order valence-electron chi connectivity index (χ0n) is 13.9. The molecule has 0 aliphatic heterocycles. The molecule has 0 atom stereocenters. The van der Waals surface area contributed by atoms with Crippen molar-refractivity contribution in [3.05, 3.63) is 74.3 Å². The third-order valence-corrected chi connectivity index (χ3v) is 6.12. The van der Waals surface area contributed by atoms with E-state index in [-0.39, 0.29) is 0 Å². The summed E-state index contributed by atoms with van der Waals surface area (Å²) >= 11 is 4.91. The number of thiophene rings is 2. The Balaban J connectivity index is 1.86. The summed E-state index contributed by atoms with van der Waals surface area (Å²) in [6.07, 6.45) is 1.87. The smallest absolute Gasteiger partial charge is 0.211 e. The normalized spacial score (nSPS) is 12.1. The molecule has 0 amide bonds. The van der Waals surface area contributed by atoms with Gasteiger partial charge in [0.1, 0.15) is 11.4 Å². The van der Waals surface area contributed by atoms with Gasteiger partial charge in [0.2, 0.25) is 4.80 Å². The van der Waals surface area contributed by atoms with E-state index in [2.05, 4.69) is 16.8 Å². The third kappa shape index (κ3) is 3.55. The Morgan fingerprint density at radius 2 is 1.81 bits per heavy atom. The number of thiazole rings is 1. The van der Waals surface area contributed by atoms with Gasteiger partial charge in [-0.15, -0.1) is 34.0 Å². The lowest BCUT2D eigenvalue weighted by atomic mass is 10.3. The fourth-order valence-corrected chi connectivity index (χ4v) is 4.61. The van der Waals surface area contributed by atoms with Gasteiger partial charge in [-0.25, -0.2) is 9.67 Å². The van der Waals surface area contributed by atoms with Crippen LogP contribution in [-0.2, 0) is 0 Å². The molecule has 0 saturated heterocycles. The summed E-state index contributed by atoms with van der Waals surface area (Å²) in [5, 5.41) is 10.9. The second kappa shape index (κ2) is 7.82. The lowest BCUT2D eigenvalue weighted by Gasteiger charge is -2.03. The number of hydrogen-bond donors (Lipinski definition) is 0. The van der Waals surface area contributed by atoms with Crippen molar-refractivity contribution in [2.24, 2.45) is 10.1 Å². The highest BCUT2D eigenvalue weighted by Gasteiger charge is 2.09. The van der Waals surface area contributed by atoms with Crippen LogP contribution < -0.4 is 9.54 Å². The van der Waals surface area contributed by atoms with Crippen LogP contribution in [0.25, 0.3) is 10.6 Å². The van der Waals surface area contributed by atoms with Crippen LogP contribution in [0.3, 0.4) is 0 Å². The summed E-state index contributed by atoms with van der Waals surface area (Å²) in [5.74, 6) is 0.743. The van der Waals surface area contributed by atoms with Crippen LogP contribution in [-0.4, -0.2) is 18.0 Å². The van der Waals surface area contributed by atoms with Crippen molar-refractivity contribution in [3.63, 3.8) is 0 Å². The van der Waals surface area contributed by atoms with Crippen LogP contribution in [0, 0.1) is 0 Å². The molecule has 1 aromatic carbocycles. The van der Waals surface area contributed by atoms with Gasteiger partial charge in [-0.3, -0.25) is 0 Å². The highest BCUT2D eigenvalue weighted by molar-refractivity contribution is 7.14. The van der Waals surface area contributed by atoms with Gasteiger partial charge in [0.15, 0.2) is 0 Å². The molecule has 0 spiro atoms. The van der Waals surface area contributed by atoms with Crippen LogP contribution >= 0.6 is 34.0 Å². The molecular weight excluding hydrogens is 382 g/mol. The van der Waals surface area contributed by atoms with Gasteiger partial charge in [0.25, 0.3) is 0 Å². The molecule has 0 aliphatic rings. The van der Waals surface area contributed by atoms with E-state index >= 15 is 0 Å². The monoisotopic (exact) mass is 397 g/mol. The molecule has 4 nitrogen and oxygen atoms in total. The van der Waals surface area contributed by atoms with Crippen molar-refractivity contribution in [2.75, 3.05) is 7.11 Å². The number of rotatable bonds is 5. The molecule has 4 rings (SSSR count). The fourth-order valence-electron chi connectivity index (χ4n) is 2.39. The van der Waals surface area contributed by atoms with Gasteiger partial charge in [-0.05, 0) is 35.0 Å². The standard InChI is InChI=1S/C19H15N3OS3/c1-23-17-8-3-2-7-15(17)21-19-22(20-12-14-6-4-10-24-14)16(13-26-19)18-9-5-11-25-18/h2-13H,1H3. The third-order valence-electron chi connectivity index (χ3n) is 3.60. The summed E-state index contributed by atoms with van der Waals surface area (Å²) in [5.41, 5.74) is 1.82. The van der Waals surface area contributed by atoms with E-state index in [4.69, 9.17) is 14.8 Å². The summed E-state index contributed by atoms with van der Waals surface area (Å²) in [6.45, 7) is 0. The van der Waals surface area contributed by atoms with Crippen molar-refractivity contribution in [1.82, 2.24) is 4.68 Å². The molecule has 26 heavy (non-hydrogen) atoms. The topological polar surface area (TPSA) is 38.9 Å². The zero-order valence-corrected chi connectivity index (χ0v) is 16.4. The first-order chi connectivity index (χ1) is 12.8. The van der Waals surface area contributed by atoms with E-state index < -0.39 is 0 Å². The fraction of sp³-hybridized carbons (Fsp3) is 0.0526. The molecule has 4 aromatic rings. The van der Waals surface area contributed by atoms with Crippen LogP contribution in [0.2, 0.25) is 0 Å². The maximum atomic E-state index is 5.42. The van der Waals surface area contributed by atoms with Crippen molar-refractivity contribution in [1.29, 1.82) is 0 Å². The highest BCUT2D eigenvalue weighted by atomic mass is 32.1. The number of para-hydroxylation sites is 2. The van der Waals surface area contributed by atoms with Crippen LogP contribution in [0.15, 0.2) is 74.8 Å². The number of aromatic nitrogens is 1. The van der Waals surface area contributed by atoms with Gasteiger partial charge in [0, 0.05) is 10.3 Å². The number of nitrogens with zero attached hydrogens (tertiary/aromatic N) is 3. The number of benzene rings is 1. The Kier molecular flexibility index (Phi) is 5.10. The Hall–Kier alpha value is -2.48. The zero-order chi connectivity index (χ0) is 17.8. The molecule has 0 radical (unpaired) electrons. The van der Waals surface area contributed by atoms with Gasteiger partial charge >= 0.3 is 0 Å². The Labute approximate surface area is 163 Å². The average Bonchev–Trinajstić information content (AvgIpc) is 3.42. The summed E-state index contributed by atoms with van der Waals surface area (Å²) in [4.78, 5) is 7.85. The quantitative estimate of drug-likeness (QED) is 0.412. The molecule has 0 bridgehead atoms. The minimum absolute atomic E-state index is 0.743. The van der Waals surface area contributed by atoms with Crippen LogP contribution in [0.1, 0.15) is 4.88 Å². The Morgan fingerprint density at radius 3 is 2.58 bits per heavy atom. The molecule has 0 N–H and O–H groups in total. The van der Waals surface area contributed by atoms with E-state index in [1.165, 1.54) is 0 Å². The molecule has 3 heterocycles. The summed E-state index contributed by atoms with van der Waals surface area (Å²) in [7, 11) is 1.66. The number of methoxy groups -OCH3 is 1. The molecule has 0 aliphatic carbocycles. The minimum Gasteiger partial charge on any atom is -0.494 e. The van der Waals surface area contributed by atoms with Crippen LogP contribution in [0.4, 0.5) is 5.69 Å². The summed E-state index contributed by atoms with van der Waals surface area (Å²) in [6, 6.07) is 15.9. The second-order valence-electron chi connectivity index (χ2n) is 5.24. The lowest BCUT2D eigenvalue weighted by Crippen LogP contribution is -2.11. The lowest BCUT2D eigenvalue weighted by molar-refractivity contribution is 0.416. The molecule has 0 unspecified atom stereocenters. The molecule has 3 aromatic heterocycles. The summed E-state index contributed by atoms with van der Waals surface area (Å²) < 4.78 is 7.31. The Morgan fingerprint density at radius 1 is 0.962 bits per heavy atom. The van der Waals surface area contributed by atoms with Crippen LogP contribution in [0.5, 0.6) is 5.75 Å². The first-order valence-corrected chi connectivity index (χ1v) is 10.5. The van der Waals surface area contributed by atoms with Crippen molar-refractivity contribution < 1.29 is 4.74 Å². The minimum atomic E-state index is 0.743. The van der Waals surface area contributed by atoms with Crippen molar-refractivity contribution >= 4 is 45.9 Å². The number of hydrogen-bond acceptors (Lipinski definition) is 6. The van der Waals surface area contributed by atoms with E-state index in [1.807, 2.05) is 58.7 Å². The first kappa shape index (κ1) is 17.0. The van der Waals surface area contributed by atoms with Crippen molar-refractivity contribution in [3.8, 4) is 16.3 Å². The van der Waals surface area contributed by atoms with Crippen molar-refractivity contribution in [2.45, 2.75) is 0 Å². The first-order valence-electron chi connectivity index (χ1n) is 7.85. The average molecular weight is 398 g/mol. The van der Waals surface area contributed by atoms with Gasteiger partial charge in [-0.1, -0.05) is 24.3 Å². The molecule has 0 saturated carbocycles. The maximum Gasteiger partial charge on any atom is 0.211 e. The van der Waals surface area contributed by atoms with E-state index in [1.54, 1.807) is 41.1 Å². The molecular formula is C19H15N3OS3. The maximum absolute atomic E-state index is 5.42. The van der Waals surface area contributed by atoms with E-state index in [0.717, 1.165) is 31.7 Å². The largest absolute Gasteiger partial charge is 0.494 e. The van der Waals surface area contributed by atoms with Gasteiger partial charge in [0.05, 0.1) is 23.9 Å². The predicted octanol–water partition coefficient (Wildman–Crippen LogP) is 5.46. The van der Waals surface area contributed by atoms with E-state index in [0.29, 0.717) is 0 Å².